The van der Waals surface area contributed by atoms with E-state index >= 15 is 0 Å². The Hall–Kier alpha value is -0.320. The molecule has 0 radical (unpaired) electrons. The highest BCUT2D eigenvalue weighted by Gasteiger charge is 2.30. The molecule has 2 rings (SSSR count). The van der Waals surface area contributed by atoms with E-state index < -0.39 is 0 Å². The van der Waals surface area contributed by atoms with E-state index in [1.54, 1.807) is 6.92 Å². The number of halogens is 2. The van der Waals surface area contributed by atoms with E-state index in [1.807, 2.05) is 18.2 Å². The Morgan fingerprint density at radius 3 is 2.59 bits per heavy atom. The van der Waals surface area contributed by atoms with Crippen LogP contribution in [0.4, 0.5) is 0 Å². The second-order valence-corrected chi connectivity index (χ2v) is 6.97. The standard InChI is InChI=1S/C17H24Cl2O3/c1-11(17-7-6-13(22-17)8-12(2)20)9-21-10-14-15(18)4-3-5-16(14)19/h3-5,11-13,17,20H,6-10H2,1-2H3/t11-,12+,13-,17+/m1/s1. The van der Waals surface area contributed by atoms with Gasteiger partial charge in [0.05, 0.1) is 31.5 Å². The van der Waals surface area contributed by atoms with Gasteiger partial charge < -0.3 is 14.6 Å². The van der Waals surface area contributed by atoms with Crippen LogP contribution in [0.5, 0.6) is 0 Å². The fourth-order valence-electron chi connectivity index (χ4n) is 2.83. The van der Waals surface area contributed by atoms with Gasteiger partial charge in [0.2, 0.25) is 0 Å². The molecule has 4 atom stereocenters. The molecule has 3 nitrogen and oxygen atoms in total. The van der Waals surface area contributed by atoms with Crippen LogP contribution in [-0.4, -0.2) is 30.0 Å². The number of rotatable bonds is 7. The molecule has 1 fully saturated rings. The summed E-state index contributed by atoms with van der Waals surface area (Å²) in [6, 6.07) is 5.46. The summed E-state index contributed by atoms with van der Waals surface area (Å²) in [5, 5.41) is 10.7. The minimum atomic E-state index is -0.308. The molecule has 0 amide bonds. The van der Waals surface area contributed by atoms with Crippen molar-refractivity contribution in [2.24, 2.45) is 5.92 Å². The van der Waals surface area contributed by atoms with Crippen molar-refractivity contribution < 1.29 is 14.6 Å². The Labute approximate surface area is 142 Å². The Bertz CT molecular complexity index is 459. The lowest BCUT2D eigenvalue weighted by Gasteiger charge is -2.21. The molecule has 0 unspecified atom stereocenters. The van der Waals surface area contributed by atoms with Crippen molar-refractivity contribution in [3.05, 3.63) is 33.8 Å². The smallest absolute Gasteiger partial charge is 0.0746 e. The van der Waals surface area contributed by atoms with Crippen LogP contribution >= 0.6 is 23.2 Å². The fourth-order valence-corrected chi connectivity index (χ4v) is 3.34. The van der Waals surface area contributed by atoms with Crippen molar-refractivity contribution in [2.45, 2.75) is 58.0 Å². The monoisotopic (exact) mass is 346 g/mol. The topological polar surface area (TPSA) is 38.7 Å². The third-order valence-corrected chi connectivity index (χ3v) is 4.78. The van der Waals surface area contributed by atoms with Crippen molar-refractivity contribution in [1.29, 1.82) is 0 Å². The van der Waals surface area contributed by atoms with E-state index in [-0.39, 0.29) is 18.3 Å². The molecule has 0 spiro atoms. The summed E-state index contributed by atoms with van der Waals surface area (Å²) in [7, 11) is 0. The first-order valence-corrected chi connectivity index (χ1v) is 8.57. The second kappa shape index (κ2) is 8.51. The summed E-state index contributed by atoms with van der Waals surface area (Å²) in [5.41, 5.74) is 0.831. The van der Waals surface area contributed by atoms with Gasteiger partial charge in [0.25, 0.3) is 0 Å². The van der Waals surface area contributed by atoms with Crippen molar-refractivity contribution in [1.82, 2.24) is 0 Å². The normalized spacial score (nSPS) is 24.4. The molecule has 1 N–H and O–H groups in total. The first kappa shape index (κ1) is 18.0. The SMILES string of the molecule is C[C@H](O)C[C@H]1CC[C@@H]([C@H](C)COCc2c(Cl)cccc2Cl)O1. The molecule has 0 bridgehead atoms. The van der Waals surface area contributed by atoms with Gasteiger partial charge in [-0.2, -0.15) is 0 Å². The van der Waals surface area contributed by atoms with E-state index in [2.05, 4.69) is 6.92 Å². The van der Waals surface area contributed by atoms with Crippen molar-refractivity contribution in [3.63, 3.8) is 0 Å². The van der Waals surface area contributed by atoms with E-state index in [9.17, 15) is 5.11 Å². The summed E-state index contributed by atoms with van der Waals surface area (Å²) in [6.07, 6.45) is 2.80. The molecule has 1 aromatic rings. The number of hydrogen-bond acceptors (Lipinski definition) is 3. The maximum Gasteiger partial charge on any atom is 0.0746 e. The molecule has 5 heteroatoms. The largest absolute Gasteiger partial charge is 0.393 e. The molecule has 1 aliphatic heterocycles. The molecule has 1 aliphatic rings. The van der Waals surface area contributed by atoms with Crippen LogP contribution in [0.25, 0.3) is 0 Å². The first-order chi connectivity index (χ1) is 10.5. The van der Waals surface area contributed by atoms with Gasteiger partial charge >= 0.3 is 0 Å². The summed E-state index contributed by atoms with van der Waals surface area (Å²) >= 11 is 12.3. The zero-order chi connectivity index (χ0) is 16.1. The highest BCUT2D eigenvalue weighted by Crippen LogP contribution is 2.29. The highest BCUT2D eigenvalue weighted by atomic mass is 35.5. The predicted molar refractivity (Wildman–Crippen MR) is 89.5 cm³/mol. The number of aliphatic hydroxyl groups excluding tert-OH is 1. The van der Waals surface area contributed by atoms with Crippen LogP contribution in [0.1, 0.15) is 38.7 Å². The van der Waals surface area contributed by atoms with E-state index in [0.29, 0.717) is 35.6 Å². The number of hydrogen-bond donors (Lipinski definition) is 1. The molecular formula is C17H24Cl2O3. The third kappa shape index (κ3) is 5.10. The van der Waals surface area contributed by atoms with E-state index in [1.165, 1.54) is 0 Å². The van der Waals surface area contributed by atoms with Crippen LogP contribution < -0.4 is 0 Å². The van der Waals surface area contributed by atoms with E-state index in [0.717, 1.165) is 18.4 Å². The van der Waals surface area contributed by atoms with Gasteiger partial charge in [-0.15, -0.1) is 0 Å². The summed E-state index contributed by atoms with van der Waals surface area (Å²) < 4.78 is 11.8. The first-order valence-electron chi connectivity index (χ1n) is 7.81. The zero-order valence-corrected chi connectivity index (χ0v) is 14.6. The van der Waals surface area contributed by atoms with Gasteiger partial charge in [0, 0.05) is 21.5 Å². The van der Waals surface area contributed by atoms with Gasteiger partial charge in [-0.25, -0.2) is 0 Å². The van der Waals surface area contributed by atoms with Crippen molar-refractivity contribution in [3.8, 4) is 0 Å². The second-order valence-electron chi connectivity index (χ2n) is 6.15. The van der Waals surface area contributed by atoms with Crippen LogP contribution in [0.15, 0.2) is 18.2 Å². The Morgan fingerprint density at radius 1 is 1.27 bits per heavy atom. The number of benzene rings is 1. The molecule has 124 valence electrons. The predicted octanol–water partition coefficient (Wildman–Crippen LogP) is 4.46. The van der Waals surface area contributed by atoms with Crippen LogP contribution in [0.3, 0.4) is 0 Å². The molecule has 0 aromatic heterocycles. The molecule has 1 heterocycles. The molecule has 1 saturated heterocycles. The average Bonchev–Trinajstić information content (AvgIpc) is 2.89. The lowest BCUT2D eigenvalue weighted by molar-refractivity contribution is -0.0306. The third-order valence-electron chi connectivity index (χ3n) is 4.07. The van der Waals surface area contributed by atoms with Gasteiger partial charge in [0.15, 0.2) is 0 Å². The van der Waals surface area contributed by atoms with Crippen LogP contribution in [0.2, 0.25) is 10.0 Å². The number of ether oxygens (including phenoxy) is 2. The molecule has 0 saturated carbocycles. The Morgan fingerprint density at radius 2 is 1.95 bits per heavy atom. The van der Waals surface area contributed by atoms with Gasteiger partial charge in [-0.05, 0) is 38.3 Å². The summed E-state index contributed by atoms with van der Waals surface area (Å²) in [5.74, 6) is 0.306. The van der Waals surface area contributed by atoms with Crippen molar-refractivity contribution >= 4 is 23.2 Å². The Kier molecular flexibility index (Phi) is 6.97. The van der Waals surface area contributed by atoms with E-state index in [4.69, 9.17) is 32.7 Å². The zero-order valence-electron chi connectivity index (χ0n) is 13.1. The summed E-state index contributed by atoms with van der Waals surface area (Å²) in [6.45, 7) is 4.94. The molecule has 1 aromatic carbocycles. The fraction of sp³-hybridized carbons (Fsp3) is 0.647. The van der Waals surface area contributed by atoms with Gasteiger partial charge in [-0.3, -0.25) is 0 Å². The quantitative estimate of drug-likeness (QED) is 0.791. The maximum absolute atomic E-state index is 9.43. The number of aliphatic hydroxyl groups is 1. The highest BCUT2D eigenvalue weighted by molar-refractivity contribution is 6.35. The molecular weight excluding hydrogens is 323 g/mol. The minimum absolute atomic E-state index is 0.172. The maximum atomic E-state index is 9.43. The van der Waals surface area contributed by atoms with Crippen molar-refractivity contribution in [2.75, 3.05) is 6.61 Å². The van der Waals surface area contributed by atoms with Gasteiger partial charge in [-0.1, -0.05) is 36.2 Å². The Balaban J connectivity index is 1.75. The molecule has 22 heavy (non-hydrogen) atoms. The lowest BCUT2D eigenvalue weighted by atomic mass is 10.0. The van der Waals surface area contributed by atoms with Crippen LogP contribution in [0, 0.1) is 5.92 Å². The lowest BCUT2D eigenvalue weighted by Crippen LogP contribution is -2.24. The summed E-state index contributed by atoms with van der Waals surface area (Å²) in [4.78, 5) is 0. The average molecular weight is 347 g/mol. The minimum Gasteiger partial charge on any atom is -0.393 e. The molecule has 0 aliphatic carbocycles. The van der Waals surface area contributed by atoms with Gasteiger partial charge in [0.1, 0.15) is 0 Å². The van der Waals surface area contributed by atoms with Crippen LogP contribution in [-0.2, 0) is 16.1 Å².